The predicted octanol–water partition coefficient (Wildman–Crippen LogP) is 4.03. The zero-order valence-electron chi connectivity index (χ0n) is 10.9. The number of nitrogens with one attached hydrogen (secondary N) is 1. The molecule has 0 atom stereocenters. The van der Waals surface area contributed by atoms with Gasteiger partial charge in [-0.05, 0) is 48.9 Å². The first kappa shape index (κ1) is 11.5. The quantitative estimate of drug-likeness (QED) is 0.625. The summed E-state index contributed by atoms with van der Waals surface area (Å²) >= 11 is 0. The number of H-pyrrole nitrogens is 1. The number of benzene rings is 1. The smallest absolute Gasteiger partial charge is 0.164 e. The topological polar surface area (TPSA) is 32.9 Å². The molecule has 1 aromatic heterocycles. The van der Waals surface area contributed by atoms with Crippen molar-refractivity contribution in [2.45, 2.75) is 45.4 Å². The molecule has 0 bridgehead atoms. The number of hydrogen-bond acceptors (Lipinski definition) is 1. The van der Waals surface area contributed by atoms with Crippen LogP contribution in [0.2, 0.25) is 0 Å². The van der Waals surface area contributed by atoms with Crippen LogP contribution in [0.3, 0.4) is 0 Å². The summed E-state index contributed by atoms with van der Waals surface area (Å²) in [5.41, 5.74) is 4.90. The van der Waals surface area contributed by atoms with Crippen molar-refractivity contribution in [3.05, 3.63) is 35.0 Å². The number of hydrogen-bond donors (Lipinski definition) is 1. The van der Waals surface area contributed by atoms with E-state index in [1.165, 1.54) is 36.8 Å². The van der Waals surface area contributed by atoms with Crippen molar-refractivity contribution in [1.82, 2.24) is 4.98 Å². The molecule has 1 aliphatic rings. The van der Waals surface area contributed by atoms with E-state index in [9.17, 15) is 4.79 Å². The number of ketones is 1. The van der Waals surface area contributed by atoms with Crippen molar-refractivity contribution in [2.24, 2.45) is 0 Å². The summed E-state index contributed by atoms with van der Waals surface area (Å²) in [4.78, 5) is 15.2. The summed E-state index contributed by atoms with van der Waals surface area (Å²) in [6.07, 6.45) is 8.68. The molecular weight excluding hydrogens is 222 g/mol. The Morgan fingerprint density at radius 1 is 1.17 bits per heavy atom. The highest BCUT2D eigenvalue weighted by molar-refractivity contribution is 6.08. The first-order chi connectivity index (χ1) is 8.79. The highest BCUT2D eigenvalue weighted by Crippen LogP contribution is 2.28. The van der Waals surface area contributed by atoms with Gasteiger partial charge in [-0.15, -0.1) is 0 Å². The Morgan fingerprint density at radius 2 is 1.89 bits per heavy atom. The average molecular weight is 241 g/mol. The van der Waals surface area contributed by atoms with Gasteiger partial charge in [0.15, 0.2) is 5.78 Å². The molecule has 0 saturated carbocycles. The Labute approximate surface area is 107 Å². The molecule has 3 rings (SSSR count). The Morgan fingerprint density at radius 3 is 2.61 bits per heavy atom. The first-order valence-electron chi connectivity index (χ1n) is 6.95. The van der Waals surface area contributed by atoms with Crippen LogP contribution in [0.5, 0.6) is 0 Å². The van der Waals surface area contributed by atoms with Crippen molar-refractivity contribution in [1.29, 1.82) is 0 Å². The van der Waals surface area contributed by atoms with Gasteiger partial charge >= 0.3 is 0 Å². The van der Waals surface area contributed by atoms with Gasteiger partial charge in [-0.3, -0.25) is 4.79 Å². The van der Waals surface area contributed by atoms with Crippen LogP contribution in [-0.4, -0.2) is 10.8 Å². The second-order valence-electron chi connectivity index (χ2n) is 5.21. The molecule has 0 radical (unpaired) electrons. The summed E-state index contributed by atoms with van der Waals surface area (Å²) < 4.78 is 0. The highest BCUT2D eigenvalue weighted by Gasteiger charge is 2.14. The van der Waals surface area contributed by atoms with Gasteiger partial charge in [0.1, 0.15) is 0 Å². The second-order valence-corrected chi connectivity index (χ2v) is 5.21. The van der Waals surface area contributed by atoms with E-state index in [-0.39, 0.29) is 5.78 Å². The average Bonchev–Trinajstić information content (AvgIpc) is 2.65. The molecule has 0 unspecified atom stereocenters. The van der Waals surface area contributed by atoms with Crippen LogP contribution in [0, 0.1) is 0 Å². The largest absolute Gasteiger partial charge is 0.360 e. The van der Waals surface area contributed by atoms with Gasteiger partial charge in [-0.25, -0.2) is 0 Å². The minimum atomic E-state index is 0.231. The molecule has 0 fully saturated rings. The fourth-order valence-electron chi connectivity index (χ4n) is 2.95. The molecule has 2 nitrogen and oxygen atoms in total. The number of fused-ring (bicyclic) bond motifs is 2. The number of carbonyl (C=O) groups excluding carboxylic acids is 1. The summed E-state index contributed by atoms with van der Waals surface area (Å²) in [6.45, 7) is 1.92. The summed E-state index contributed by atoms with van der Waals surface area (Å²) in [6, 6.07) is 4.50. The van der Waals surface area contributed by atoms with Gasteiger partial charge in [0.25, 0.3) is 0 Å². The normalized spacial score (nSPS) is 15.4. The zero-order chi connectivity index (χ0) is 12.5. The molecule has 0 amide bonds. The lowest BCUT2D eigenvalue weighted by Gasteiger charge is -2.06. The van der Waals surface area contributed by atoms with Crippen LogP contribution >= 0.6 is 0 Å². The van der Waals surface area contributed by atoms with Crippen LogP contribution < -0.4 is 0 Å². The monoisotopic (exact) mass is 241 g/mol. The molecule has 1 heterocycles. The molecular formula is C16H19NO. The van der Waals surface area contributed by atoms with E-state index in [2.05, 4.69) is 17.1 Å². The van der Waals surface area contributed by atoms with E-state index >= 15 is 0 Å². The third-order valence-electron chi connectivity index (χ3n) is 4.02. The van der Waals surface area contributed by atoms with Crippen molar-refractivity contribution < 1.29 is 4.79 Å². The Balaban J connectivity index is 2.15. The first-order valence-corrected chi connectivity index (χ1v) is 6.95. The van der Waals surface area contributed by atoms with Crippen LogP contribution in [0.4, 0.5) is 0 Å². The molecule has 18 heavy (non-hydrogen) atoms. The number of aryl methyl sites for hydroxylation is 2. The summed E-state index contributed by atoms with van der Waals surface area (Å²) in [7, 11) is 0. The summed E-state index contributed by atoms with van der Waals surface area (Å²) in [5, 5.41) is 1.11. The number of carbonyl (C=O) groups is 1. The maximum Gasteiger partial charge on any atom is 0.164 e. The third kappa shape index (κ3) is 1.86. The third-order valence-corrected chi connectivity index (χ3v) is 4.02. The fourth-order valence-corrected chi connectivity index (χ4v) is 2.95. The van der Waals surface area contributed by atoms with Gasteiger partial charge in [0, 0.05) is 29.1 Å². The standard InChI is InChI=1S/C16H19NO/c1-2-16(18)14-10-17-15-9-12-7-5-3-4-6-11(12)8-13(14)15/h8-10,17H,2-7H2,1H3. The van der Waals surface area contributed by atoms with E-state index in [1.54, 1.807) is 0 Å². The van der Waals surface area contributed by atoms with Crippen molar-refractivity contribution >= 4 is 16.7 Å². The van der Waals surface area contributed by atoms with Gasteiger partial charge in [0.2, 0.25) is 0 Å². The van der Waals surface area contributed by atoms with Gasteiger partial charge in [0.05, 0.1) is 0 Å². The number of rotatable bonds is 2. The lowest BCUT2D eigenvalue weighted by atomic mass is 9.98. The van der Waals surface area contributed by atoms with Gasteiger partial charge in [-0.2, -0.15) is 0 Å². The van der Waals surface area contributed by atoms with Crippen LogP contribution in [0.1, 0.15) is 54.1 Å². The maximum atomic E-state index is 11.9. The van der Waals surface area contributed by atoms with E-state index in [0.717, 1.165) is 22.9 Å². The molecule has 94 valence electrons. The zero-order valence-corrected chi connectivity index (χ0v) is 10.9. The molecule has 2 heteroatoms. The number of aromatic nitrogens is 1. The van der Waals surface area contributed by atoms with E-state index in [1.807, 2.05) is 13.1 Å². The molecule has 1 aliphatic carbocycles. The Hall–Kier alpha value is -1.57. The van der Waals surface area contributed by atoms with Crippen molar-refractivity contribution in [3.63, 3.8) is 0 Å². The Bertz CT molecular complexity index is 594. The lowest BCUT2D eigenvalue weighted by Crippen LogP contribution is -1.96. The maximum absolute atomic E-state index is 11.9. The van der Waals surface area contributed by atoms with Gasteiger partial charge in [-0.1, -0.05) is 13.3 Å². The van der Waals surface area contributed by atoms with Gasteiger partial charge < -0.3 is 4.98 Å². The SMILES string of the molecule is CCC(=O)c1c[nH]c2cc3c(cc12)CCCCC3. The predicted molar refractivity (Wildman–Crippen MR) is 74.2 cm³/mol. The van der Waals surface area contributed by atoms with Crippen LogP contribution in [0.25, 0.3) is 10.9 Å². The molecule has 0 spiro atoms. The van der Waals surface area contributed by atoms with Crippen LogP contribution in [-0.2, 0) is 12.8 Å². The Kier molecular flexibility index (Phi) is 2.94. The summed E-state index contributed by atoms with van der Waals surface area (Å²) in [5.74, 6) is 0.231. The highest BCUT2D eigenvalue weighted by atomic mass is 16.1. The lowest BCUT2D eigenvalue weighted by molar-refractivity contribution is 0.0990. The van der Waals surface area contributed by atoms with Crippen molar-refractivity contribution in [3.8, 4) is 0 Å². The minimum Gasteiger partial charge on any atom is -0.360 e. The molecule has 2 aromatic rings. The number of aromatic amines is 1. The van der Waals surface area contributed by atoms with E-state index in [0.29, 0.717) is 6.42 Å². The number of Topliss-reactive ketones (excluding diaryl/α,β-unsaturated/α-hetero) is 1. The molecule has 1 aromatic carbocycles. The molecule has 0 saturated heterocycles. The molecule has 0 aliphatic heterocycles. The second kappa shape index (κ2) is 4.60. The van der Waals surface area contributed by atoms with Crippen LogP contribution in [0.15, 0.2) is 18.3 Å². The molecule has 1 N–H and O–H groups in total. The van der Waals surface area contributed by atoms with E-state index < -0.39 is 0 Å². The van der Waals surface area contributed by atoms with Crippen molar-refractivity contribution in [2.75, 3.05) is 0 Å². The van der Waals surface area contributed by atoms with E-state index in [4.69, 9.17) is 0 Å². The fraction of sp³-hybridized carbons (Fsp3) is 0.438. The minimum absolute atomic E-state index is 0.231.